The zero-order valence-corrected chi connectivity index (χ0v) is 14.1. The topological polar surface area (TPSA) is 49.4 Å². The van der Waals surface area contributed by atoms with Gasteiger partial charge in [-0.1, -0.05) is 29.8 Å². The first-order chi connectivity index (χ1) is 11.1. The van der Waals surface area contributed by atoms with Gasteiger partial charge >= 0.3 is 0 Å². The van der Waals surface area contributed by atoms with Gasteiger partial charge in [0.2, 0.25) is 5.91 Å². The summed E-state index contributed by atoms with van der Waals surface area (Å²) in [5.41, 5.74) is 0.944. The van der Waals surface area contributed by atoms with Gasteiger partial charge in [0.05, 0.1) is 4.88 Å². The second-order valence-corrected chi connectivity index (χ2v) is 6.87. The molecule has 120 valence electrons. The summed E-state index contributed by atoms with van der Waals surface area (Å²) >= 11 is 7.35. The van der Waals surface area contributed by atoms with Crippen LogP contribution in [0.15, 0.2) is 41.8 Å². The molecule has 23 heavy (non-hydrogen) atoms. The maximum Gasteiger partial charge on any atom is 0.264 e. The van der Waals surface area contributed by atoms with E-state index in [1.165, 1.54) is 11.3 Å². The van der Waals surface area contributed by atoms with Crippen molar-refractivity contribution in [3.05, 3.63) is 57.2 Å². The molecule has 1 aromatic heterocycles. The molecule has 0 spiro atoms. The SMILES string of the molecule is O=C(NCc1cccc(Cl)c1)[C@H]1CCCN1C(=O)c1cccs1. The molecule has 0 unspecified atom stereocenters. The average Bonchev–Trinajstić information content (AvgIpc) is 3.23. The summed E-state index contributed by atoms with van der Waals surface area (Å²) in [5, 5.41) is 5.43. The molecule has 1 saturated heterocycles. The maximum absolute atomic E-state index is 12.5. The zero-order valence-electron chi connectivity index (χ0n) is 12.5. The van der Waals surface area contributed by atoms with Crippen molar-refractivity contribution in [2.24, 2.45) is 0 Å². The van der Waals surface area contributed by atoms with Gasteiger partial charge in [-0.2, -0.15) is 0 Å². The molecule has 2 heterocycles. The van der Waals surface area contributed by atoms with Crippen molar-refractivity contribution < 1.29 is 9.59 Å². The van der Waals surface area contributed by atoms with Gasteiger partial charge in [-0.3, -0.25) is 9.59 Å². The van der Waals surface area contributed by atoms with Crippen LogP contribution in [-0.2, 0) is 11.3 Å². The van der Waals surface area contributed by atoms with Gasteiger partial charge < -0.3 is 10.2 Å². The molecule has 1 aromatic carbocycles. The first-order valence-electron chi connectivity index (χ1n) is 7.52. The van der Waals surface area contributed by atoms with E-state index in [1.807, 2.05) is 29.6 Å². The Morgan fingerprint density at radius 1 is 1.30 bits per heavy atom. The Kier molecular flexibility index (Phi) is 4.98. The highest BCUT2D eigenvalue weighted by Gasteiger charge is 2.34. The number of benzene rings is 1. The van der Waals surface area contributed by atoms with Gasteiger partial charge in [-0.05, 0) is 42.0 Å². The van der Waals surface area contributed by atoms with Crippen molar-refractivity contribution in [2.75, 3.05) is 6.54 Å². The van der Waals surface area contributed by atoms with E-state index in [-0.39, 0.29) is 17.9 Å². The van der Waals surface area contributed by atoms with Gasteiger partial charge in [-0.25, -0.2) is 0 Å². The van der Waals surface area contributed by atoms with E-state index in [0.29, 0.717) is 29.4 Å². The van der Waals surface area contributed by atoms with Crippen LogP contribution < -0.4 is 5.32 Å². The first-order valence-corrected chi connectivity index (χ1v) is 8.77. The van der Waals surface area contributed by atoms with Crippen LogP contribution in [0.5, 0.6) is 0 Å². The molecule has 1 atom stereocenters. The highest BCUT2D eigenvalue weighted by atomic mass is 35.5. The van der Waals surface area contributed by atoms with E-state index in [0.717, 1.165) is 12.0 Å². The second-order valence-electron chi connectivity index (χ2n) is 5.48. The lowest BCUT2D eigenvalue weighted by atomic mass is 10.2. The lowest BCUT2D eigenvalue weighted by Gasteiger charge is -2.23. The van der Waals surface area contributed by atoms with E-state index >= 15 is 0 Å². The zero-order chi connectivity index (χ0) is 16.2. The normalized spacial score (nSPS) is 17.3. The molecule has 0 radical (unpaired) electrons. The molecular formula is C17H17ClN2O2S. The number of amides is 2. The Morgan fingerprint density at radius 3 is 2.91 bits per heavy atom. The summed E-state index contributed by atoms with van der Waals surface area (Å²) < 4.78 is 0. The number of likely N-dealkylation sites (tertiary alicyclic amines) is 1. The summed E-state index contributed by atoms with van der Waals surface area (Å²) in [6.45, 7) is 1.04. The largest absolute Gasteiger partial charge is 0.350 e. The van der Waals surface area contributed by atoms with Crippen molar-refractivity contribution in [2.45, 2.75) is 25.4 Å². The minimum Gasteiger partial charge on any atom is -0.350 e. The van der Waals surface area contributed by atoms with E-state index in [9.17, 15) is 9.59 Å². The van der Waals surface area contributed by atoms with Crippen LogP contribution in [0.1, 0.15) is 28.1 Å². The Morgan fingerprint density at radius 2 is 2.17 bits per heavy atom. The Labute approximate surface area is 144 Å². The fourth-order valence-corrected chi connectivity index (χ4v) is 3.67. The van der Waals surface area contributed by atoms with Crippen molar-refractivity contribution in [3.8, 4) is 0 Å². The summed E-state index contributed by atoms with van der Waals surface area (Å²) in [6, 6.07) is 10.6. The molecule has 1 aliphatic rings. The summed E-state index contributed by atoms with van der Waals surface area (Å²) in [6.07, 6.45) is 1.56. The molecule has 2 amide bonds. The molecular weight excluding hydrogens is 332 g/mol. The third-order valence-electron chi connectivity index (χ3n) is 3.90. The highest BCUT2D eigenvalue weighted by Crippen LogP contribution is 2.22. The standard InChI is InChI=1S/C17H17ClN2O2S/c18-13-5-1-4-12(10-13)11-19-16(21)14-6-2-8-20(14)17(22)15-7-3-9-23-15/h1,3-5,7,9-10,14H,2,6,8,11H2,(H,19,21)/t14-/m1/s1. The monoisotopic (exact) mass is 348 g/mol. The first kappa shape index (κ1) is 16.0. The molecule has 1 aliphatic heterocycles. The predicted molar refractivity (Wildman–Crippen MR) is 91.7 cm³/mol. The predicted octanol–water partition coefficient (Wildman–Crippen LogP) is 3.32. The van der Waals surface area contributed by atoms with Crippen LogP contribution in [0.25, 0.3) is 0 Å². The van der Waals surface area contributed by atoms with Crippen LogP contribution >= 0.6 is 22.9 Å². The van der Waals surface area contributed by atoms with Crippen LogP contribution in [-0.4, -0.2) is 29.3 Å². The number of halogens is 1. The van der Waals surface area contributed by atoms with Crippen molar-refractivity contribution in [1.29, 1.82) is 0 Å². The Balaban J connectivity index is 1.63. The number of nitrogens with one attached hydrogen (secondary N) is 1. The lowest BCUT2D eigenvalue weighted by Crippen LogP contribution is -2.45. The van der Waals surface area contributed by atoms with Gasteiger partial charge in [-0.15, -0.1) is 11.3 Å². The molecule has 3 rings (SSSR count). The number of carbonyl (C=O) groups excluding carboxylic acids is 2. The quantitative estimate of drug-likeness (QED) is 0.921. The molecule has 0 saturated carbocycles. The minimum absolute atomic E-state index is 0.0552. The van der Waals surface area contributed by atoms with Crippen molar-refractivity contribution >= 4 is 34.8 Å². The second kappa shape index (κ2) is 7.15. The fourth-order valence-electron chi connectivity index (χ4n) is 2.78. The van der Waals surface area contributed by atoms with Crippen LogP contribution in [0.4, 0.5) is 0 Å². The molecule has 0 aliphatic carbocycles. The molecule has 6 heteroatoms. The van der Waals surface area contributed by atoms with Crippen molar-refractivity contribution in [1.82, 2.24) is 10.2 Å². The number of rotatable bonds is 4. The fraction of sp³-hybridized carbons (Fsp3) is 0.294. The summed E-state index contributed by atoms with van der Waals surface area (Å²) in [4.78, 5) is 27.3. The molecule has 1 N–H and O–H groups in total. The van der Waals surface area contributed by atoms with Crippen LogP contribution in [0.2, 0.25) is 5.02 Å². The average molecular weight is 349 g/mol. The third kappa shape index (κ3) is 3.74. The number of nitrogens with zero attached hydrogens (tertiary/aromatic N) is 1. The van der Waals surface area contributed by atoms with Gasteiger partial charge in [0.15, 0.2) is 0 Å². The van der Waals surface area contributed by atoms with Gasteiger partial charge in [0, 0.05) is 18.1 Å². The highest BCUT2D eigenvalue weighted by molar-refractivity contribution is 7.12. The molecule has 2 aromatic rings. The molecule has 0 bridgehead atoms. The molecule has 4 nitrogen and oxygen atoms in total. The smallest absolute Gasteiger partial charge is 0.264 e. The van der Waals surface area contributed by atoms with E-state index in [1.54, 1.807) is 17.0 Å². The number of hydrogen-bond acceptors (Lipinski definition) is 3. The van der Waals surface area contributed by atoms with Crippen LogP contribution in [0.3, 0.4) is 0 Å². The van der Waals surface area contributed by atoms with E-state index < -0.39 is 0 Å². The third-order valence-corrected chi connectivity index (χ3v) is 5.00. The Hall–Kier alpha value is -1.85. The summed E-state index contributed by atoms with van der Waals surface area (Å²) in [5.74, 6) is -0.159. The van der Waals surface area contributed by atoms with Gasteiger partial charge in [0.25, 0.3) is 5.91 Å². The minimum atomic E-state index is -0.385. The van der Waals surface area contributed by atoms with E-state index in [2.05, 4.69) is 5.32 Å². The lowest BCUT2D eigenvalue weighted by molar-refractivity contribution is -0.125. The molecule has 1 fully saturated rings. The maximum atomic E-state index is 12.5. The number of carbonyl (C=O) groups is 2. The van der Waals surface area contributed by atoms with Crippen LogP contribution in [0, 0.1) is 0 Å². The number of thiophene rings is 1. The van der Waals surface area contributed by atoms with E-state index in [4.69, 9.17) is 11.6 Å². The Bertz CT molecular complexity index is 702. The number of hydrogen-bond donors (Lipinski definition) is 1. The summed E-state index contributed by atoms with van der Waals surface area (Å²) in [7, 11) is 0. The van der Waals surface area contributed by atoms with Gasteiger partial charge in [0.1, 0.15) is 6.04 Å². The van der Waals surface area contributed by atoms with Crippen molar-refractivity contribution in [3.63, 3.8) is 0 Å².